The molecule has 0 radical (unpaired) electrons. The predicted octanol–water partition coefficient (Wildman–Crippen LogP) is 2.81. The Bertz CT molecular complexity index is 585. The number of likely N-dealkylation sites (tertiary alicyclic amines) is 1. The fourth-order valence-electron chi connectivity index (χ4n) is 3.76. The number of carbonyl (C=O) groups is 1. The Hall–Kier alpha value is -1.59. The van der Waals surface area contributed by atoms with Crippen LogP contribution in [0.4, 0.5) is 0 Å². The minimum Gasteiger partial charge on any atom is -0.490 e. The number of methoxy groups -OCH3 is 1. The van der Waals surface area contributed by atoms with Crippen LogP contribution in [0.2, 0.25) is 0 Å². The lowest BCUT2D eigenvalue weighted by molar-refractivity contribution is -0.150. The van der Waals surface area contributed by atoms with E-state index in [4.69, 9.17) is 14.2 Å². The first-order valence-corrected chi connectivity index (χ1v) is 9.24. The Labute approximate surface area is 150 Å². The molecule has 2 aliphatic heterocycles. The molecule has 25 heavy (non-hydrogen) atoms. The van der Waals surface area contributed by atoms with Gasteiger partial charge in [-0.3, -0.25) is 4.79 Å². The maximum atomic E-state index is 12.9. The van der Waals surface area contributed by atoms with Gasteiger partial charge in [-0.05, 0) is 44.2 Å². The molecule has 0 saturated carbocycles. The van der Waals surface area contributed by atoms with Crippen LogP contribution >= 0.6 is 0 Å². The van der Waals surface area contributed by atoms with Crippen molar-refractivity contribution in [1.29, 1.82) is 0 Å². The smallest absolute Gasteiger partial charge is 0.225 e. The van der Waals surface area contributed by atoms with E-state index in [9.17, 15) is 4.79 Å². The zero-order valence-electron chi connectivity index (χ0n) is 15.3. The summed E-state index contributed by atoms with van der Waals surface area (Å²) >= 11 is 0. The summed E-state index contributed by atoms with van der Waals surface area (Å²) in [5, 5.41) is 0. The van der Waals surface area contributed by atoms with E-state index in [2.05, 4.69) is 0 Å². The lowest BCUT2D eigenvalue weighted by atomic mass is 9.91. The Kier molecular flexibility index (Phi) is 5.97. The zero-order valence-corrected chi connectivity index (χ0v) is 15.3. The van der Waals surface area contributed by atoms with Crippen molar-refractivity contribution in [1.82, 2.24) is 4.90 Å². The lowest BCUT2D eigenvalue weighted by Crippen LogP contribution is -2.55. The normalized spacial score (nSPS) is 25.0. The highest BCUT2D eigenvalue weighted by atomic mass is 16.5. The first-order valence-electron chi connectivity index (χ1n) is 9.24. The molecule has 0 aliphatic carbocycles. The molecule has 1 atom stereocenters. The molecule has 1 aromatic rings. The predicted molar refractivity (Wildman–Crippen MR) is 95.8 cm³/mol. The molecule has 0 spiro atoms. The average Bonchev–Trinajstić information content (AvgIpc) is 2.67. The Morgan fingerprint density at radius 2 is 2.08 bits per heavy atom. The molecule has 0 unspecified atom stereocenters. The fourth-order valence-corrected chi connectivity index (χ4v) is 3.76. The minimum atomic E-state index is -0.429. The number of ether oxygens (including phenoxy) is 3. The first-order chi connectivity index (χ1) is 12.1. The van der Waals surface area contributed by atoms with Crippen molar-refractivity contribution >= 4 is 5.91 Å². The average molecular weight is 347 g/mol. The molecule has 2 saturated heterocycles. The Balaban J connectivity index is 1.64. The van der Waals surface area contributed by atoms with Gasteiger partial charge >= 0.3 is 0 Å². The van der Waals surface area contributed by atoms with E-state index in [1.165, 1.54) is 0 Å². The molecular formula is C20H29NO4. The van der Waals surface area contributed by atoms with Crippen molar-refractivity contribution in [2.24, 2.45) is 5.92 Å². The summed E-state index contributed by atoms with van der Waals surface area (Å²) < 4.78 is 17.3. The van der Waals surface area contributed by atoms with Crippen LogP contribution in [0.5, 0.6) is 5.75 Å². The highest BCUT2D eigenvalue weighted by Gasteiger charge is 2.40. The van der Waals surface area contributed by atoms with Crippen molar-refractivity contribution in [2.75, 3.05) is 40.0 Å². The summed E-state index contributed by atoms with van der Waals surface area (Å²) in [6.45, 7) is 5.30. The van der Waals surface area contributed by atoms with Gasteiger partial charge in [-0.1, -0.05) is 18.2 Å². The molecule has 138 valence electrons. The standard InChI is InChI=1S/C20H29NO4/c1-16-6-3-4-7-18(16)25-15-20(23-2)10-5-11-21(14-20)19(22)17-8-12-24-13-9-17/h3-4,6-7,17H,5,8-15H2,1-2H3/t20-/m0/s1. The van der Waals surface area contributed by atoms with Crippen molar-refractivity contribution in [3.05, 3.63) is 29.8 Å². The van der Waals surface area contributed by atoms with Crippen LogP contribution in [0.3, 0.4) is 0 Å². The molecule has 1 aromatic carbocycles. The number of para-hydroxylation sites is 1. The number of hydrogen-bond acceptors (Lipinski definition) is 4. The fraction of sp³-hybridized carbons (Fsp3) is 0.650. The van der Waals surface area contributed by atoms with E-state index in [1.54, 1.807) is 7.11 Å². The van der Waals surface area contributed by atoms with Crippen molar-refractivity contribution in [2.45, 2.75) is 38.2 Å². The second kappa shape index (κ2) is 8.19. The SMILES string of the molecule is CO[C@@]1(COc2ccccc2C)CCCN(C(=O)C2CCOCC2)C1. The Morgan fingerprint density at radius 1 is 1.32 bits per heavy atom. The second-order valence-corrected chi connectivity index (χ2v) is 7.19. The third kappa shape index (κ3) is 4.33. The minimum absolute atomic E-state index is 0.0960. The lowest BCUT2D eigenvalue weighted by Gasteiger charge is -2.42. The third-order valence-electron chi connectivity index (χ3n) is 5.44. The first kappa shape index (κ1) is 18.2. The van der Waals surface area contributed by atoms with E-state index in [0.29, 0.717) is 26.4 Å². The maximum Gasteiger partial charge on any atom is 0.225 e. The summed E-state index contributed by atoms with van der Waals surface area (Å²) in [5.74, 6) is 1.23. The maximum absolute atomic E-state index is 12.9. The van der Waals surface area contributed by atoms with Crippen LogP contribution in [0, 0.1) is 12.8 Å². The Morgan fingerprint density at radius 3 is 2.80 bits per heavy atom. The number of aryl methyl sites for hydroxylation is 1. The molecule has 2 heterocycles. The zero-order chi connectivity index (χ0) is 17.7. The van der Waals surface area contributed by atoms with Crippen molar-refractivity contribution in [3.63, 3.8) is 0 Å². The summed E-state index contributed by atoms with van der Waals surface area (Å²) in [5.41, 5.74) is 0.682. The van der Waals surface area contributed by atoms with Gasteiger partial charge in [0.05, 0.1) is 6.54 Å². The topological polar surface area (TPSA) is 48.0 Å². The number of piperidine rings is 1. The third-order valence-corrected chi connectivity index (χ3v) is 5.44. The van der Waals surface area contributed by atoms with Gasteiger partial charge in [0, 0.05) is 32.8 Å². The number of rotatable bonds is 5. The van der Waals surface area contributed by atoms with E-state index >= 15 is 0 Å². The van der Waals surface area contributed by atoms with E-state index < -0.39 is 5.60 Å². The van der Waals surface area contributed by atoms with Gasteiger partial charge in [0.15, 0.2) is 0 Å². The number of hydrogen-bond donors (Lipinski definition) is 0. The van der Waals surface area contributed by atoms with Crippen LogP contribution in [0.1, 0.15) is 31.2 Å². The largest absolute Gasteiger partial charge is 0.490 e. The monoisotopic (exact) mass is 347 g/mol. The molecule has 0 bridgehead atoms. The number of amides is 1. The van der Waals surface area contributed by atoms with Gasteiger partial charge in [-0.25, -0.2) is 0 Å². The summed E-state index contributed by atoms with van der Waals surface area (Å²) in [7, 11) is 1.73. The molecule has 5 nitrogen and oxygen atoms in total. The molecule has 3 rings (SSSR count). The van der Waals surface area contributed by atoms with E-state index in [0.717, 1.165) is 43.5 Å². The van der Waals surface area contributed by atoms with Gasteiger partial charge in [0.1, 0.15) is 18.0 Å². The molecular weight excluding hydrogens is 318 g/mol. The number of nitrogens with zero attached hydrogens (tertiary/aromatic N) is 1. The van der Waals surface area contributed by atoms with Gasteiger partial charge in [-0.15, -0.1) is 0 Å². The van der Waals surface area contributed by atoms with Crippen molar-refractivity contribution < 1.29 is 19.0 Å². The van der Waals surface area contributed by atoms with Gasteiger partial charge in [0.25, 0.3) is 0 Å². The molecule has 1 amide bonds. The van der Waals surface area contributed by atoms with Gasteiger partial charge < -0.3 is 19.1 Å². The molecule has 2 aliphatic rings. The van der Waals surface area contributed by atoms with Crippen LogP contribution in [-0.2, 0) is 14.3 Å². The van der Waals surface area contributed by atoms with E-state index in [-0.39, 0.29) is 11.8 Å². The van der Waals surface area contributed by atoms with Gasteiger partial charge in [-0.2, -0.15) is 0 Å². The van der Waals surface area contributed by atoms with Crippen LogP contribution < -0.4 is 4.74 Å². The highest BCUT2D eigenvalue weighted by molar-refractivity contribution is 5.79. The van der Waals surface area contributed by atoms with Crippen molar-refractivity contribution in [3.8, 4) is 5.75 Å². The molecule has 0 aromatic heterocycles. The van der Waals surface area contributed by atoms with Crippen LogP contribution in [0.15, 0.2) is 24.3 Å². The quantitative estimate of drug-likeness (QED) is 0.822. The molecule has 0 N–H and O–H groups in total. The molecule has 2 fully saturated rings. The molecule has 5 heteroatoms. The van der Waals surface area contributed by atoms with Crippen LogP contribution in [-0.4, -0.2) is 56.4 Å². The van der Waals surface area contributed by atoms with Gasteiger partial charge in [0.2, 0.25) is 5.91 Å². The summed E-state index contributed by atoms with van der Waals surface area (Å²) in [6, 6.07) is 8.00. The summed E-state index contributed by atoms with van der Waals surface area (Å²) in [4.78, 5) is 14.8. The van der Waals surface area contributed by atoms with Crippen LogP contribution in [0.25, 0.3) is 0 Å². The summed E-state index contributed by atoms with van der Waals surface area (Å²) in [6.07, 6.45) is 3.51. The highest BCUT2D eigenvalue weighted by Crippen LogP contribution is 2.29. The van der Waals surface area contributed by atoms with E-state index in [1.807, 2.05) is 36.1 Å². The number of carbonyl (C=O) groups excluding carboxylic acids is 1. The second-order valence-electron chi connectivity index (χ2n) is 7.19. The number of benzene rings is 1.